The van der Waals surface area contributed by atoms with Gasteiger partial charge in [0.25, 0.3) is 0 Å². The van der Waals surface area contributed by atoms with Gasteiger partial charge in [-0.3, -0.25) is 4.79 Å². The second-order valence-electron chi connectivity index (χ2n) is 27.8. The highest BCUT2D eigenvalue weighted by atomic mass is 16.7. The summed E-state index contributed by atoms with van der Waals surface area (Å²) < 4.78 is 22.9. The number of allylic oxidation sites excluding steroid dienone is 13. The lowest BCUT2D eigenvalue weighted by Gasteiger charge is -2.46. The van der Waals surface area contributed by atoms with Gasteiger partial charge in [-0.05, 0) is 77.0 Å². The van der Waals surface area contributed by atoms with Gasteiger partial charge in [0.05, 0.1) is 32.0 Å². The van der Waals surface area contributed by atoms with E-state index in [1.165, 1.54) is 238 Å². The van der Waals surface area contributed by atoms with Crippen molar-refractivity contribution < 1.29 is 64.6 Å². The Bertz CT molecular complexity index is 1940. The summed E-state index contributed by atoms with van der Waals surface area (Å²) in [5.41, 5.74) is 0. The van der Waals surface area contributed by atoms with Crippen molar-refractivity contribution in [1.29, 1.82) is 0 Å². The number of unbranched alkanes of at least 4 members (excludes halogenated alkanes) is 41. The number of amides is 1. The lowest BCUT2D eigenvalue weighted by atomic mass is 9.97. The largest absolute Gasteiger partial charge is 0.394 e. The lowest BCUT2D eigenvalue weighted by molar-refractivity contribution is -0.359. The van der Waals surface area contributed by atoms with Gasteiger partial charge in [-0.2, -0.15) is 0 Å². The predicted molar refractivity (Wildman–Crippen MR) is 396 cm³/mol. The Morgan fingerprint density at radius 3 is 1.15 bits per heavy atom. The van der Waals surface area contributed by atoms with E-state index in [9.17, 15) is 45.6 Å². The Kier molecular flexibility index (Phi) is 60.9. The molecule has 0 aromatic heterocycles. The molecule has 0 aromatic carbocycles. The van der Waals surface area contributed by atoms with Crippen LogP contribution in [0.25, 0.3) is 0 Å². The zero-order chi connectivity index (χ0) is 69.4. The number of hydrogen-bond acceptors (Lipinski definition) is 13. The lowest BCUT2D eigenvalue weighted by Crippen LogP contribution is -2.65. The number of rotatable bonds is 66. The van der Waals surface area contributed by atoms with E-state index in [1.54, 1.807) is 6.08 Å². The second-order valence-corrected chi connectivity index (χ2v) is 27.8. The van der Waals surface area contributed by atoms with Crippen molar-refractivity contribution in [3.05, 3.63) is 85.1 Å². The van der Waals surface area contributed by atoms with Crippen molar-refractivity contribution >= 4 is 5.91 Å². The van der Waals surface area contributed by atoms with E-state index < -0.39 is 86.8 Å². The molecule has 2 rings (SSSR count). The molecule has 2 fully saturated rings. The smallest absolute Gasteiger partial charge is 0.220 e. The van der Waals surface area contributed by atoms with E-state index >= 15 is 0 Å². The monoisotopic (exact) mass is 1350 g/mol. The molecule has 0 aromatic rings. The fourth-order valence-electron chi connectivity index (χ4n) is 12.8. The summed E-state index contributed by atoms with van der Waals surface area (Å²) >= 11 is 0. The van der Waals surface area contributed by atoms with Gasteiger partial charge in [0.1, 0.15) is 48.8 Å². The fraction of sp³-hybridized carbons (Fsp3) is 0.817. The summed E-state index contributed by atoms with van der Waals surface area (Å²) in [4.78, 5) is 13.4. The molecule has 0 aliphatic carbocycles. The molecule has 2 heterocycles. The third kappa shape index (κ3) is 48.1. The molecule has 2 aliphatic heterocycles. The molecule has 0 spiro atoms. The molecule has 2 aliphatic rings. The van der Waals surface area contributed by atoms with Crippen LogP contribution in [0, 0.1) is 0 Å². The summed E-state index contributed by atoms with van der Waals surface area (Å²) in [5, 5.41) is 87.6. The summed E-state index contributed by atoms with van der Waals surface area (Å²) in [6, 6.07) is -0.934. The third-order valence-corrected chi connectivity index (χ3v) is 19.1. The first-order valence-electron chi connectivity index (χ1n) is 39.8. The molecule has 12 unspecified atom stereocenters. The SMILES string of the molecule is CC/C=C\C/C=C\C/C=C\C/C=C\C/C=C\CCCCCCCCCCCCCCCCCCCCCCCCCCCC(=O)NC(COC1OC(CO)C(OC2OC(CO)C(O)C(O)C2O)C(O)C1O)C(O)/C=C/CC/C=C/CCCCCCCCCCCCCCCCC. The number of ether oxygens (including phenoxy) is 4. The van der Waals surface area contributed by atoms with Crippen LogP contribution in [0.1, 0.15) is 335 Å². The van der Waals surface area contributed by atoms with E-state index in [2.05, 4.69) is 92.1 Å². The van der Waals surface area contributed by atoms with E-state index in [1.807, 2.05) is 6.08 Å². The van der Waals surface area contributed by atoms with Gasteiger partial charge in [-0.15, -0.1) is 0 Å². The first kappa shape index (κ1) is 89.3. The molecule has 12 atom stereocenters. The topological polar surface area (TPSA) is 228 Å². The molecular weight excluding hydrogens is 1210 g/mol. The molecular formula is C82H147NO13. The average molecular weight is 1360 g/mol. The van der Waals surface area contributed by atoms with Gasteiger partial charge in [-0.25, -0.2) is 0 Å². The minimum Gasteiger partial charge on any atom is -0.394 e. The third-order valence-electron chi connectivity index (χ3n) is 19.1. The highest BCUT2D eigenvalue weighted by Gasteiger charge is 2.51. The van der Waals surface area contributed by atoms with Crippen molar-refractivity contribution in [2.75, 3.05) is 19.8 Å². The van der Waals surface area contributed by atoms with Gasteiger partial charge in [0, 0.05) is 6.42 Å². The van der Waals surface area contributed by atoms with Gasteiger partial charge < -0.3 is 65.1 Å². The molecule has 0 bridgehead atoms. The standard InChI is InChI=1S/C82H147NO13/c1-3-5-7-9-11-13-15-17-19-21-23-25-26-27-28-29-30-31-32-33-34-35-36-37-38-39-40-41-42-43-44-46-48-50-52-54-56-58-60-62-64-66-74(87)83-70(71(86)65-63-61-59-57-55-53-51-49-47-45-24-22-20-18-16-14-12-10-8-6-4-2)69-93-81-79(92)77(90)80(73(68-85)95-81)96-82-78(91)76(89)75(88)72(67-84)94-82/h5,7,11,13,17,19,23,25,27-28,55,57,63,65,70-73,75-82,84-86,88-92H,3-4,6,8-10,12,14-16,18,20-22,24,26,29-54,56,58-62,64,66-69H2,1-2H3,(H,83,87)/b7-5-,13-11-,19-17-,25-23-,28-27-,57-55+,65-63+. The van der Waals surface area contributed by atoms with Crippen molar-refractivity contribution in [1.82, 2.24) is 5.32 Å². The Morgan fingerprint density at radius 2 is 0.729 bits per heavy atom. The molecule has 1 amide bonds. The van der Waals surface area contributed by atoms with E-state index in [-0.39, 0.29) is 18.9 Å². The fourth-order valence-corrected chi connectivity index (χ4v) is 12.8. The maximum absolute atomic E-state index is 13.4. The molecule has 558 valence electrons. The van der Waals surface area contributed by atoms with Crippen LogP contribution in [0.4, 0.5) is 0 Å². The molecule has 0 saturated carbocycles. The first-order chi connectivity index (χ1) is 47.1. The van der Waals surface area contributed by atoms with Crippen molar-refractivity contribution in [3.63, 3.8) is 0 Å². The molecule has 2 saturated heterocycles. The van der Waals surface area contributed by atoms with Crippen LogP contribution in [-0.4, -0.2) is 140 Å². The van der Waals surface area contributed by atoms with Crippen LogP contribution in [0.2, 0.25) is 0 Å². The number of carbonyl (C=O) groups is 1. The quantitative estimate of drug-likeness (QED) is 0.0204. The normalized spacial score (nSPS) is 22.7. The Hall–Kier alpha value is -2.83. The van der Waals surface area contributed by atoms with Gasteiger partial charge in [-0.1, -0.05) is 336 Å². The maximum Gasteiger partial charge on any atom is 0.220 e. The summed E-state index contributed by atoms with van der Waals surface area (Å²) in [6.45, 7) is 2.71. The zero-order valence-electron chi connectivity index (χ0n) is 61.1. The highest BCUT2D eigenvalue weighted by molar-refractivity contribution is 5.76. The van der Waals surface area contributed by atoms with Crippen LogP contribution < -0.4 is 5.32 Å². The van der Waals surface area contributed by atoms with Gasteiger partial charge in [0.2, 0.25) is 5.91 Å². The molecule has 0 radical (unpaired) electrons. The predicted octanol–water partition coefficient (Wildman–Crippen LogP) is 17.9. The van der Waals surface area contributed by atoms with Crippen LogP contribution in [0.3, 0.4) is 0 Å². The number of carbonyl (C=O) groups excluding carboxylic acids is 1. The number of nitrogens with one attached hydrogen (secondary N) is 1. The van der Waals surface area contributed by atoms with Crippen LogP contribution in [0.15, 0.2) is 85.1 Å². The molecule has 14 heteroatoms. The highest BCUT2D eigenvalue weighted by Crippen LogP contribution is 2.30. The number of aliphatic hydroxyl groups is 8. The number of aliphatic hydroxyl groups excluding tert-OH is 8. The Balaban J connectivity index is 1.57. The van der Waals surface area contributed by atoms with Crippen molar-refractivity contribution in [3.8, 4) is 0 Å². The molecule has 96 heavy (non-hydrogen) atoms. The summed E-state index contributed by atoms with van der Waals surface area (Å²) in [7, 11) is 0. The van der Waals surface area contributed by atoms with Crippen LogP contribution >= 0.6 is 0 Å². The minimum absolute atomic E-state index is 0.244. The first-order valence-corrected chi connectivity index (χ1v) is 39.8. The average Bonchev–Trinajstić information content (AvgIpc) is 0.807. The van der Waals surface area contributed by atoms with Gasteiger partial charge in [0.15, 0.2) is 12.6 Å². The van der Waals surface area contributed by atoms with E-state index in [0.29, 0.717) is 12.8 Å². The van der Waals surface area contributed by atoms with E-state index in [4.69, 9.17) is 18.9 Å². The van der Waals surface area contributed by atoms with Crippen molar-refractivity contribution in [2.24, 2.45) is 0 Å². The molecule has 14 nitrogen and oxygen atoms in total. The maximum atomic E-state index is 13.4. The summed E-state index contributed by atoms with van der Waals surface area (Å²) in [5.74, 6) is -0.244. The van der Waals surface area contributed by atoms with Crippen LogP contribution in [-0.2, 0) is 23.7 Å². The molecule has 9 N–H and O–H groups in total. The van der Waals surface area contributed by atoms with Crippen molar-refractivity contribution in [2.45, 2.75) is 408 Å². The Labute approximate surface area is 586 Å². The summed E-state index contributed by atoms with van der Waals surface area (Å²) in [6.07, 6.45) is 75.3. The van der Waals surface area contributed by atoms with Gasteiger partial charge >= 0.3 is 0 Å². The zero-order valence-corrected chi connectivity index (χ0v) is 61.1. The minimum atomic E-state index is -1.79. The second kappa shape index (κ2) is 65.5. The van der Waals surface area contributed by atoms with Crippen LogP contribution in [0.5, 0.6) is 0 Å². The van der Waals surface area contributed by atoms with E-state index in [0.717, 1.165) is 64.2 Å². The Morgan fingerprint density at radius 1 is 0.385 bits per heavy atom. The number of hydrogen-bond donors (Lipinski definition) is 9.